The van der Waals surface area contributed by atoms with Crippen LogP contribution in [0.25, 0.3) is 0 Å². The maximum Gasteiger partial charge on any atom is 0.0124 e. The van der Waals surface area contributed by atoms with E-state index in [2.05, 4.69) is 5.32 Å². The van der Waals surface area contributed by atoms with E-state index < -0.39 is 0 Å². The molecule has 0 aromatic heterocycles. The average Bonchev–Trinajstić information content (AvgIpc) is 3.24. The number of hydrogen-bond acceptors (Lipinski definition) is 2. The van der Waals surface area contributed by atoms with Crippen LogP contribution in [0.4, 0.5) is 0 Å². The predicted octanol–water partition coefficient (Wildman–Crippen LogP) is 2.67. The molecule has 0 amide bonds. The lowest BCUT2D eigenvalue weighted by Gasteiger charge is -2.38. The molecule has 0 heterocycles. The zero-order chi connectivity index (χ0) is 11.7. The molecular weight excluding hydrogens is 208 g/mol. The van der Waals surface area contributed by atoms with Crippen molar-refractivity contribution in [1.82, 2.24) is 5.32 Å². The van der Waals surface area contributed by atoms with Gasteiger partial charge in [0.1, 0.15) is 0 Å². The predicted molar refractivity (Wildman–Crippen MR) is 71.8 cm³/mol. The Balaban J connectivity index is 1.53. The Morgan fingerprint density at radius 1 is 1.00 bits per heavy atom. The molecule has 17 heavy (non-hydrogen) atoms. The Morgan fingerprint density at radius 3 is 2.06 bits per heavy atom. The lowest BCUT2D eigenvalue weighted by atomic mass is 9.74. The van der Waals surface area contributed by atoms with Crippen LogP contribution in [0.3, 0.4) is 0 Å². The quantitative estimate of drug-likeness (QED) is 0.744. The van der Waals surface area contributed by atoms with Gasteiger partial charge in [0.25, 0.3) is 0 Å². The largest absolute Gasteiger partial charge is 0.330 e. The summed E-state index contributed by atoms with van der Waals surface area (Å²) in [4.78, 5) is 0. The number of rotatable bonds is 6. The molecule has 3 saturated carbocycles. The third-order valence-electron chi connectivity index (χ3n) is 5.32. The molecule has 0 saturated heterocycles. The summed E-state index contributed by atoms with van der Waals surface area (Å²) in [5.74, 6) is 2.03. The van der Waals surface area contributed by atoms with Crippen LogP contribution < -0.4 is 11.1 Å². The second-order valence-corrected chi connectivity index (χ2v) is 6.85. The van der Waals surface area contributed by atoms with Gasteiger partial charge in [0.15, 0.2) is 0 Å². The molecule has 0 bridgehead atoms. The molecule has 2 nitrogen and oxygen atoms in total. The van der Waals surface area contributed by atoms with Gasteiger partial charge in [0, 0.05) is 12.6 Å². The van der Waals surface area contributed by atoms with Crippen molar-refractivity contribution in [2.75, 3.05) is 13.1 Å². The highest BCUT2D eigenvalue weighted by molar-refractivity contribution is 4.98. The van der Waals surface area contributed by atoms with Gasteiger partial charge in [-0.25, -0.2) is 0 Å². The summed E-state index contributed by atoms with van der Waals surface area (Å²) < 4.78 is 0. The lowest BCUT2D eigenvalue weighted by Crippen LogP contribution is -2.46. The molecule has 0 aromatic rings. The van der Waals surface area contributed by atoms with Crippen molar-refractivity contribution in [3.63, 3.8) is 0 Å². The fourth-order valence-corrected chi connectivity index (χ4v) is 3.72. The third-order valence-corrected chi connectivity index (χ3v) is 5.32. The SMILES string of the molecule is NCC1(CNC(C2CC2)C2CC2)CCCCC1. The molecule has 0 spiro atoms. The highest BCUT2D eigenvalue weighted by Gasteiger charge is 2.42. The van der Waals surface area contributed by atoms with Gasteiger partial charge < -0.3 is 11.1 Å². The maximum atomic E-state index is 6.07. The summed E-state index contributed by atoms with van der Waals surface area (Å²) in [6, 6.07) is 0.848. The average molecular weight is 236 g/mol. The first kappa shape index (κ1) is 12.0. The van der Waals surface area contributed by atoms with Gasteiger partial charge in [-0.05, 0) is 62.3 Å². The van der Waals surface area contributed by atoms with E-state index in [1.54, 1.807) is 0 Å². The fourth-order valence-electron chi connectivity index (χ4n) is 3.72. The van der Waals surface area contributed by atoms with Gasteiger partial charge in [0.2, 0.25) is 0 Å². The van der Waals surface area contributed by atoms with E-state index >= 15 is 0 Å². The molecule has 0 aromatic carbocycles. The molecule has 0 aliphatic heterocycles. The topological polar surface area (TPSA) is 38.0 Å². The van der Waals surface area contributed by atoms with Gasteiger partial charge in [-0.15, -0.1) is 0 Å². The molecular formula is C15H28N2. The van der Waals surface area contributed by atoms with Crippen molar-refractivity contribution in [2.45, 2.75) is 63.8 Å². The molecule has 3 aliphatic rings. The van der Waals surface area contributed by atoms with Crippen LogP contribution in [0, 0.1) is 17.3 Å². The standard InChI is InChI=1S/C15H28N2/c16-10-15(8-2-1-3-9-15)11-17-14(12-4-5-12)13-6-7-13/h12-14,17H,1-11,16H2. The lowest BCUT2D eigenvalue weighted by molar-refractivity contribution is 0.178. The normalized spacial score (nSPS) is 28.6. The highest BCUT2D eigenvalue weighted by atomic mass is 15.0. The molecule has 3 rings (SSSR count). The highest BCUT2D eigenvalue weighted by Crippen LogP contribution is 2.45. The molecule has 2 heteroatoms. The minimum atomic E-state index is 0.445. The summed E-state index contributed by atoms with van der Waals surface area (Å²) in [6.45, 7) is 2.09. The van der Waals surface area contributed by atoms with Crippen molar-refractivity contribution < 1.29 is 0 Å². The number of hydrogen-bond donors (Lipinski definition) is 2. The minimum Gasteiger partial charge on any atom is -0.330 e. The first-order valence-electron chi connectivity index (χ1n) is 7.76. The number of nitrogens with two attached hydrogens (primary N) is 1. The fraction of sp³-hybridized carbons (Fsp3) is 1.00. The molecule has 98 valence electrons. The first-order valence-corrected chi connectivity index (χ1v) is 7.76. The first-order chi connectivity index (χ1) is 8.33. The van der Waals surface area contributed by atoms with Crippen molar-refractivity contribution >= 4 is 0 Å². The van der Waals surface area contributed by atoms with E-state index in [1.807, 2.05) is 0 Å². The van der Waals surface area contributed by atoms with Crippen LogP contribution in [0.2, 0.25) is 0 Å². The van der Waals surface area contributed by atoms with Crippen LogP contribution in [-0.2, 0) is 0 Å². The van der Waals surface area contributed by atoms with E-state index in [9.17, 15) is 0 Å². The van der Waals surface area contributed by atoms with E-state index in [1.165, 1.54) is 64.3 Å². The summed E-state index contributed by atoms with van der Waals surface area (Å²) in [5.41, 5.74) is 6.51. The van der Waals surface area contributed by atoms with E-state index in [4.69, 9.17) is 5.73 Å². The Bertz CT molecular complexity index is 238. The monoisotopic (exact) mass is 236 g/mol. The van der Waals surface area contributed by atoms with E-state index in [0.29, 0.717) is 5.41 Å². The summed E-state index contributed by atoms with van der Waals surface area (Å²) >= 11 is 0. The second kappa shape index (κ2) is 4.89. The van der Waals surface area contributed by atoms with E-state index in [0.717, 1.165) is 24.4 Å². The number of nitrogens with one attached hydrogen (secondary N) is 1. The zero-order valence-corrected chi connectivity index (χ0v) is 11.1. The molecule has 3 fully saturated rings. The van der Waals surface area contributed by atoms with Crippen molar-refractivity contribution in [2.24, 2.45) is 23.0 Å². The van der Waals surface area contributed by atoms with Crippen LogP contribution in [0.15, 0.2) is 0 Å². The Kier molecular flexibility index (Phi) is 3.45. The summed E-state index contributed by atoms with van der Waals surface area (Å²) in [7, 11) is 0. The molecule has 3 aliphatic carbocycles. The smallest absolute Gasteiger partial charge is 0.0124 e. The van der Waals surface area contributed by atoms with Gasteiger partial charge in [-0.2, -0.15) is 0 Å². The van der Waals surface area contributed by atoms with Gasteiger partial charge >= 0.3 is 0 Å². The summed E-state index contributed by atoms with van der Waals surface area (Å²) in [6.07, 6.45) is 12.8. The van der Waals surface area contributed by atoms with Crippen LogP contribution in [-0.4, -0.2) is 19.1 Å². The summed E-state index contributed by atoms with van der Waals surface area (Å²) in [5, 5.41) is 3.93. The van der Waals surface area contributed by atoms with Crippen molar-refractivity contribution in [3.05, 3.63) is 0 Å². The molecule has 0 unspecified atom stereocenters. The van der Waals surface area contributed by atoms with Gasteiger partial charge in [0.05, 0.1) is 0 Å². The molecule has 0 atom stereocenters. The maximum absolute atomic E-state index is 6.07. The molecule has 0 radical (unpaired) electrons. The van der Waals surface area contributed by atoms with Gasteiger partial charge in [-0.1, -0.05) is 19.3 Å². The van der Waals surface area contributed by atoms with Gasteiger partial charge in [-0.3, -0.25) is 0 Å². The zero-order valence-electron chi connectivity index (χ0n) is 11.1. The van der Waals surface area contributed by atoms with Crippen LogP contribution in [0.5, 0.6) is 0 Å². The van der Waals surface area contributed by atoms with Crippen LogP contribution >= 0.6 is 0 Å². The second-order valence-electron chi connectivity index (χ2n) is 6.85. The van der Waals surface area contributed by atoms with Crippen molar-refractivity contribution in [3.8, 4) is 0 Å². The molecule has 3 N–H and O–H groups in total. The Labute approximate surface area is 106 Å². The minimum absolute atomic E-state index is 0.445. The van der Waals surface area contributed by atoms with Crippen molar-refractivity contribution in [1.29, 1.82) is 0 Å². The van der Waals surface area contributed by atoms with E-state index in [-0.39, 0.29) is 0 Å². The Hall–Kier alpha value is -0.0800. The van der Waals surface area contributed by atoms with Crippen LogP contribution in [0.1, 0.15) is 57.8 Å². The Morgan fingerprint density at radius 2 is 1.59 bits per heavy atom. The third kappa shape index (κ3) is 2.85.